The van der Waals surface area contributed by atoms with E-state index in [9.17, 15) is 4.79 Å². The molecule has 0 aliphatic rings. The predicted octanol–water partition coefficient (Wildman–Crippen LogP) is 4.39. The summed E-state index contributed by atoms with van der Waals surface area (Å²) in [6, 6.07) is 9.73. The number of ether oxygens (including phenoxy) is 1. The number of methoxy groups -OCH3 is 1. The minimum absolute atomic E-state index is 0.120. The summed E-state index contributed by atoms with van der Waals surface area (Å²) in [5.74, 6) is 2.06. The molecule has 6 nitrogen and oxygen atoms in total. The molecule has 0 radical (unpaired) electrons. The van der Waals surface area contributed by atoms with Gasteiger partial charge >= 0.3 is 0 Å². The lowest BCUT2D eigenvalue weighted by Gasteiger charge is -2.08. The van der Waals surface area contributed by atoms with Gasteiger partial charge in [0.25, 0.3) is 0 Å². The molecule has 0 amide bonds. The fraction of sp³-hybridized carbons (Fsp3) is 0.381. The Kier molecular flexibility index (Phi) is 6.24. The number of nitrogens with zero attached hydrogens (tertiary/aromatic N) is 4. The van der Waals surface area contributed by atoms with Crippen LogP contribution >= 0.6 is 11.8 Å². The average Bonchev–Trinajstić information content (AvgIpc) is 3.25. The van der Waals surface area contributed by atoms with Crippen molar-refractivity contribution in [3.63, 3.8) is 0 Å². The smallest absolute Gasteiger partial charge is 0.191 e. The number of carbonyl (C=O) groups excluding carboxylic acids is 1. The Morgan fingerprint density at radius 1 is 1.07 bits per heavy atom. The Bertz CT molecular complexity index is 973. The Labute approximate surface area is 169 Å². The summed E-state index contributed by atoms with van der Waals surface area (Å²) in [4.78, 5) is 12.8. The van der Waals surface area contributed by atoms with Crippen LogP contribution in [0.25, 0.3) is 11.4 Å². The van der Waals surface area contributed by atoms with Crippen molar-refractivity contribution in [3.8, 4) is 17.1 Å². The van der Waals surface area contributed by atoms with Gasteiger partial charge in [0.1, 0.15) is 5.75 Å². The van der Waals surface area contributed by atoms with Gasteiger partial charge in [0.15, 0.2) is 16.8 Å². The molecule has 0 aliphatic heterocycles. The van der Waals surface area contributed by atoms with Crippen LogP contribution in [-0.2, 0) is 13.1 Å². The van der Waals surface area contributed by atoms with Gasteiger partial charge in [0.2, 0.25) is 0 Å². The molecule has 7 heteroatoms. The first-order valence-electron chi connectivity index (χ1n) is 9.40. The lowest BCUT2D eigenvalue weighted by Crippen LogP contribution is -2.07. The number of aryl methyl sites for hydroxylation is 1. The molecule has 3 aromatic rings. The van der Waals surface area contributed by atoms with Gasteiger partial charge < -0.3 is 13.9 Å². The predicted molar refractivity (Wildman–Crippen MR) is 112 cm³/mol. The Balaban J connectivity index is 1.78. The van der Waals surface area contributed by atoms with Gasteiger partial charge in [-0.05, 0) is 58.0 Å². The lowest BCUT2D eigenvalue weighted by molar-refractivity contribution is 0.102. The highest BCUT2D eigenvalue weighted by molar-refractivity contribution is 7.99. The number of ketones is 1. The lowest BCUT2D eigenvalue weighted by atomic mass is 10.2. The summed E-state index contributed by atoms with van der Waals surface area (Å²) in [7, 11) is 1.65. The fourth-order valence-corrected chi connectivity index (χ4v) is 4.30. The van der Waals surface area contributed by atoms with Crippen LogP contribution in [0.1, 0.15) is 35.6 Å². The summed E-state index contributed by atoms with van der Waals surface area (Å²) >= 11 is 1.44. The van der Waals surface area contributed by atoms with Crippen LogP contribution in [0.2, 0.25) is 0 Å². The highest BCUT2D eigenvalue weighted by Gasteiger charge is 2.18. The third-order valence-corrected chi connectivity index (χ3v) is 5.87. The first-order valence-corrected chi connectivity index (χ1v) is 10.4. The number of thioether (sulfide) groups is 1. The van der Waals surface area contributed by atoms with Crippen molar-refractivity contribution in [3.05, 3.63) is 47.3 Å². The summed E-state index contributed by atoms with van der Waals surface area (Å²) in [5.41, 5.74) is 3.91. The molecule has 2 heterocycles. The van der Waals surface area contributed by atoms with Crippen molar-refractivity contribution in [2.24, 2.45) is 0 Å². The van der Waals surface area contributed by atoms with E-state index < -0.39 is 0 Å². The molecule has 2 aromatic heterocycles. The van der Waals surface area contributed by atoms with Gasteiger partial charge in [-0.15, -0.1) is 10.2 Å². The number of benzene rings is 1. The molecule has 0 bridgehead atoms. The van der Waals surface area contributed by atoms with Gasteiger partial charge in [-0.25, -0.2) is 0 Å². The van der Waals surface area contributed by atoms with Gasteiger partial charge in [-0.2, -0.15) is 0 Å². The van der Waals surface area contributed by atoms with E-state index in [-0.39, 0.29) is 5.78 Å². The average molecular weight is 399 g/mol. The molecule has 0 spiro atoms. The van der Waals surface area contributed by atoms with E-state index in [0.717, 1.165) is 52.3 Å². The van der Waals surface area contributed by atoms with Crippen molar-refractivity contribution in [2.45, 2.75) is 45.9 Å². The minimum Gasteiger partial charge on any atom is -0.497 e. The fourth-order valence-electron chi connectivity index (χ4n) is 3.41. The maximum Gasteiger partial charge on any atom is 0.191 e. The quantitative estimate of drug-likeness (QED) is 0.416. The van der Waals surface area contributed by atoms with Crippen LogP contribution in [0, 0.1) is 13.8 Å². The van der Waals surface area contributed by atoms with E-state index in [0.29, 0.717) is 5.75 Å². The molecule has 0 unspecified atom stereocenters. The Morgan fingerprint density at radius 3 is 2.32 bits per heavy atom. The second-order valence-corrected chi connectivity index (χ2v) is 7.46. The van der Waals surface area contributed by atoms with Crippen molar-refractivity contribution in [2.75, 3.05) is 12.9 Å². The van der Waals surface area contributed by atoms with Gasteiger partial charge in [0, 0.05) is 35.6 Å². The number of Topliss-reactive ketones (excluding diaryl/α,β-unsaturated/α-hetero) is 1. The molecule has 0 atom stereocenters. The topological polar surface area (TPSA) is 61.9 Å². The standard InChI is InChI=1S/C21H26N4O2S/c1-6-24-14(3)12-18(15(24)4)19(26)13-28-21-23-22-20(25(21)7-2)16-8-10-17(27-5)11-9-16/h8-12H,6-7,13H2,1-5H3. The molecule has 28 heavy (non-hydrogen) atoms. The van der Waals surface area contributed by atoms with E-state index in [2.05, 4.69) is 28.6 Å². The molecule has 0 saturated carbocycles. The SMILES string of the molecule is CCn1c(SCC(=O)c2cc(C)n(CC)c2C)nnc1-c1ccc(OC)cc1. The normalized spacial score (nSPS) is 11.0. The molecule has 148 valence electrons. The molecule has 0 saturated heterocycles. The van der Waals surface area contributed by atoms with Crippen LogP contribution in [0.5, 0.6) is 5.75 Å². The van der Waals surface area contributed by atoms with Crippen molar-refractivity contribution < 1.29 is 9.53 Å². The summed E-state index contributed by atoms with van der Waals surface area (Å²) in [5, 5.41) is 9.42. The molecular formula is C21H26N4O2S. The van der Waals surface area contributed by atoms with Crippen molar-refractivity contribution in [1.82, 2.24) is 19.3 Å². The highest BCUT2D eigenvalue weighted by atomic mass is 32.2. The van der Waals surface area contributed by atoms with Crippen LogP contribution in [0.15, 0.2) is 35.5 Å². The molecule has 3 rings (SSSR count). The zero-order valence-corrected chi connectivity index (χ0v) is 17.8. The first kappa shape index (κ1) is 20.2. The second-order valence-electron chi connectivity index (χ2n) is 6.52. The summed E-state index contributed by atoms with van der Waals surface area (Å²) < 4.78 is 9.41. The van der Waals surface area contributed by atoms with Crippen LogP contribution in [0.4, 0.5) is 0 Å². The third kappa shape index (κ3) is 3.85. The van der Waals surface area contributed by atoms with E-state index in [1.165, 1.54) is 11.8 Å². The van der Waals surface area contributed by atoms with Crippen molar-refractivity contribution >= 4 is 17.5 Å². The maximum absolute atomic E-state index is 12.8. The van der Waals surface area contributed by atoms with Gasteiger partial charge in [-0.1, -0.05) is 11.8 Å². The number of rotatable bonds is 8. The maximum atomic E-state index is 12.8. The number of hydrogen-bond acceptors (Lipinski definition) is 5. The first-order chi connectivity index (χ1) is 13.5. The van der Waals surface area contributed by atoms with E-state index in [4.69, 9.17) is 4.74 Å². The van der Waals surface area contributed by atoms with Gasteiger partial charge in [-0.3, -0.25) is 4.79 Å². The number of aromatic nitrogens is 4. The summed E-state index contributed by atoms with van der Waals surface area (Å²) in [6.45, 7) is 9.78. The number of hydrogen-bond donors (Lipinski definition) is 0. The van der Waals surface area contributed by atoms with E-state index >= 15 is 0 Å². The molecule has 0 aliphatic carbocycles. The van der Waals surface area contributed by atoms with E-state index in [1.807, 2.05) is 48.7 Å². The monoisotopic (exact) mass is 398 g/mol. The summed E-state index contributed by atoms with van der Waals surface area (Å²) in [6.07, 6.45) is 0. The second kappa shape index (κ2) is 8.65. The molecule has 1 aromatic carbocycles. The zero-order valence-electron chi connectivity index (χ0n) is 17.0. The third-order valence-electron chi connectivity index (χ3n) is 4.90. The Morgan fingerprint density at radius 2 is 1.75 bits per heavy atom. The molecular weight excluding hydrogens is 372 g/mol. The van der Waals surface area contributed by atoms with Gasteiger partial charge in [0.05, 0.1) is 12.9 Å². The number of carbonyl (C=O) groups is 1. The zero-order chi connectivity index (χ0) is 20.3. The van der Waals surface area contributed by atoms with E-state index in [1.54, 1.807) is 7.11 Å². The van der Waals surface area contributed by atoms with Crippen LogP contribution < -0.4 is 4.74 Å². The minimum atomic E-state index is 0.120. The van der Waals surface area contributed by atoms with Crippen LogP contribution in [-0.4, -0.2) is 38.0 Å². The largest absolute Gasteiger partial charge is 0.497 e. The highest BCUT2D eigenvalue weighted by Crippen LogP contribution is 2.26. The molecule has 0 fully saturated rings. The molecule has 0 N–H and O–H groups in total. The van der Waals surface area contributed by atoms with Crippen LogP contribution in [0.3, 0.4) is 0 Å². The van der Waals surface area contributed by atoms with Crippen molar-refractivity contribution in [1.29, 1.82) is 0 Å². The Hall–Kier alpha value is -2.54.